The summed E-state index contributed by atoms with van der Waals surface area (Å²) in [5, 5.41) is 0. The van der Waals surface area contributed by atoms with E-state index in [1.54, 1.807) is 0 Å². The van der Waals surface area contributed by atoms with E-state index < -0.39 is 0 Å². The van der Waals surface area contributed by atoms with Crippen LogP contribution in [0.1, 0.15) is 39.5 Å². The summed E-state index contributed by atoms with van der Waals surface area (Å²) in [5.41, 5.74) is 1.48. The van der Waals surface area contributed by atoms with Crippen molar-refractivity contribution in [3.8, 4) is 0 Å². The minimum absolute atomic E-state index is 1.22. The van der Waals surface area contributed by atoms with Crippen molar-refractivity contribution in [1.29, 1.82) is 0 Å². The Labute approximate surface area is 71.1 Å². The highest BCUT2D eigenvalue weighted by Crippen LogP contribution is 2.08. The lowest BCUT2D eigenvalue weighted by atomic mass is 10.2. The molecule has 0 unspecified atom stereocenters. The van der Waals surface area contributed by atoms with E-state index >= 15 is 0 Å². The van der Waals surface area contributed by atoms with Gasteiger partial charge in [-0.15, -0.1) is 0 Å². The van der Waals surface area contributed by atoms with Crippen molar-refractivity contribution >= 4 is 0 Å². The molecule has 0 amide bonds. The largest absolute Gasteiger partial charge is 0.381 e. The van der Waals surface area contributed by atoms with Crippen LogP contribution >= 0.6 is 0 Å². The molecule has 0 atom stereocenters. The summed E-state index contributed by atoms with van der Waals surface area (Å²) < 4.78 is 0. The molecule has 0 aliphatic heterocycles. The fourth-order valence-corrected chi connectivity index (χ4v) is 1.08. The third-order valence-corrected chi connectivity index (χ3v) is 1.75. The maximum absolute atomic E-state index is 2.35. The molecule has 0 aliphatic carbocycles. The average molecular weight is 155 g/mol. The van der Waals surface area contributed by atoms with Crippen molar-refractivity contribution in [3.05, 3.63) is 11.8 Å². The van der Waals surface area contributed by atoms with E-state index in [1.807, 2.05) is 0 Å². The second-order valence-corrected chi connectivity index (χ2v) is 3.13. The molecular weight excluding hydrogens is 134 g/mol. The third kappa shape index (κ3) is 4.88. The van der Waals surface area contributed by atoms with Gasteiger partial charge >= 0.3 is 0 Å². The highest BCUT2D eigenvalue weighted by Gasteiger charge is 1.95. The van der Waals surface area contributed by atoms with Gasteiger partial charge in [0, 0.05) is 19.8 Å². The molecule has 0 aliphatic rings. The standard InChI is InChI=1S/C10H21N/c1-5-7-9-10(8-6-2)11(3)4/h9H,5-8H2,1-4H3/b10-9+. The Hall–Kier alpha value is -0.460. The van der Waals surface area contributed by atoms with Gasteiger partial charge in [-0.1, -0.05) is 32.8 Å². The molecule has 0 fully saturated rings. The number of unbranched alkanes of at least 4 members (excludes halogenated alkanes) is 1. The van der Waals surface area contributed by atoms with Gasteiger partial charge in [0.2, 0.25) is 0 Å². The van der Waals surface area contributed by atoms with Crippen LogP contribution in [0.3, 0.4) is 0 Å². The highest BCUT2D eigenvalue weighted by molar-refractivity contribution is 4.98. The van der Waals surface area contributed by atoms with E-state index in [1.165, 1.54) is 31.4 Å². The first-order valence-corrected chi connectivity index (χ1v) is 4.58. The fraction of sp³-hybridized carbons (Fsp3) is 0.800. The molecule has 66 valence electrons. The van der Waals surface area contributed by atoms with Gasteiger partial charge in [0.15, 0.2) is 0 Å². The van der Waals surface area contributed by atoms with Crippen molar-refractivity contribution in [1.82, 2.24) is 4.90 Å². The molecule has 0 saturated heterocycles. The number of hydrogen-bond donors (Lipinski definition) is 0. The average Bonchev–Trinajstić information content (AvgIpc) is 1.97. The Morgan fingerprint density at radius 1 is 1.18 bits per heavy atom. The quantitative estimate of drug-likeness (QED) is 0.590. The molecule has 0 spiro atoms. The number of allylic oxidation sites excluding steroid dienone is 2. The minimum Gasteiger partial charge on any atom is -0.381 e. The first kappa shape index (κ1) is 10.5. The maximum atomic E-state index is 2.35. The van der Waals surface area contributed by atoms with Crippen LogP contribution in [0.2, 0.25) is 0 Å². The Morgan fingerprint density at radius 2 is 1.82 bits per heavy atom. The molecule has 0 rings (SSSR count). The number of hydrogen-bond acceptors (Lipinski definition) is 1. The van der Waals surface area contributed by atoms with Crippen LogP contribution in [0, 0.1) is 0 Å². The fourth-order valence-electron chi connectivity index (χ4n) is 1.08. The predicted molar refractivity (Wildman–Crippen MR) is 51.6 cm³/mol. The van der Waals surface area contributed by atoms with Gasteiger partial charge in [-0.3, -0.25) is 0 Å². The summed E-state index contributed by atoms with van der Waals surface area (Å²) in [6.45, 7) is 4.44. The lowest BCUT2D eigenvalue weighted by Crippen LogP contribution is -2.10. The van der Waals surface area contributed by atoms with Gasteiger partial charge in [0.25, 0.3) is 0 Å². The normalized spacial score (nSPS) is 11.8. The first-order chi connectivity index (χ1) is 5.22. The Bertz CT molecular complexity index is 114. The van der Waals surface area contributed by atoms with Crippen molar-refractivity contribution in [2.75, 3.05) is 14.1 Å². The van der Waals surface area contributed by atoms with E-state index in [0.717, 1.165) is 0 Å². The second-order valence-electron chi connectivity index (χ2n) is 3.13. The molecule has 0 aromatic rings. The van der Waals surface area contributed by atoms with Crippen LogP contribution in [0.4, 0.5) is 0 Å². The number of rotatable bonds is 5. The highest BCUT2D eigenvalue weighted by atomic mass is 15.1. The summed E-state index contributed by atoms with van der Waals surface area (Å²) in [6, 6.07) is 0. The van der Waals surface area contributed by atoms with E-state index in [2.05, 4.69) is 38.9 Å². The monoisotopic (exact) mass is 155 g/mol. The molecule has 0 aromatic heterocycles. The molecular formula is C10H21N. The Morgan fingerprint density at radius 3 is 2.18 bits per heavy atom. The molecule has 1 heteroatoms. The minimum atomic E-state index is 1.22. The summed E-state index contributed by atoms with van der Waals surface area (Å²) in [4.78, 5) is 2.22. The van der Waals surface area contributed by atoms with E-state index in [-0.39, 0.29) is 0 Å². The first-order valence-electron chi connectivity index (χ1n) is 4.58. The lowest BCUT2D eigenvalue weighted by molar-refractivity contribution is 0.481. The van der Waals surface area contributed by atoms with Crippen LogP contribution in [0.5, 0.6) is 0 Å². The maximum Gasteiger partial charge on any atom is 0.00868 e. The van der Waals surface area contributed by atoms with Crippen molar-refractivity contribution in [2.24, 2.45) is 0 Å². The van der Waals surface area contributed by atoms with Crippen LogP contribution in [0.25, 0.3) is 0 Å². The third-order valence-electron chi connectivity index (χ3n) is 1.75. The number of nitrogens with zero attached hydrogens (tertiary/aromatic N) is 1. The smallest absolute Gasteiger partial charge is 0.00868 e. The SMILES string of the molecule is CCC/C=C(\CCC)N(C)C. The summed E-state index contributed by atoms with van der Waals surface area (Å²) in [6.07, 6.45) is 7.28. The Balaban J connectivity index is 3.86. The topological polar surface area (TPSA) is 3.24 Å². The second kappa shape index (κ2) is 6.26. The van der Waals surface area contributed by atoms with Gasteiger partial charge in [0.05, 0.1) is 0 Å². The van der Waals surface area contributed by atoms with E-state index in [0.29, 0.717) is 0 Å². The van der Waals surface area contributed by atoms with Crippen LogP contribution in [0.15, 0.2) is 11.8 Å². The summed E-state index contributed by atoms with van der Waals surface area (Å²) >= 11 is 0. The molecule has 0 N–H and O–H groups in total. The summed E-state index contributed by atoms with van der Waals surface area (Å²) in [7, 11) is 4.24. The van der Waals surface area contributed by atoms with Crippen molar-refractivity contribution in [2.45, 2.75) is 39.5 Å². The van der Waals surface area contributed by atoms with Gasteiger partial charge in [-0.05, 0) is 12.8 Å². The van der Waals surface area contributed by atoms with Crippen LogP contribution in [-0.4, -0.2) is 19.0 Å². The van der Waals surface area contributed by atoms with Crippen LogP contribution < -0.4 is 0 Å². The van der Waals surface area contributed by atoms with Crippen molar-refractivity contribution in [3.63, 3.8) is 0 Å². The van der Waals surface area contributed by atoms with Gasteiger partial charge < -0.3 is 4.90 Å². The molecule has 0 bridgehead atoms. The molecule has 0 aromatic carbocycles. The molecule has 0 heterocycles. The van der Waals surface area contributed by atoms with Gasteiger partial charge in [-0.2, -0.15) is 0 Å². The van der Waals surface area contributed by atoms with E-state index in [4.69, 9.17) is 0 Å². The molecule has 0 radical (unpaired) electrons. The van der Waals surface area contributed by atoms with Gasteiger partial charge in [0.1, 0.15) is 0 Å². The summed E-state index contributed by atoms with van der Waals surface area (Å²) in [5.74, 6) is 0. The van der Waals surface area contributed by atoms with Crippen LogP contribution in [-0.2, 0) is 0 Å². The zero-order chi connectivity index (χ0) is 8.69. The molecule has 0 saturated carbocycles. The zero-order valence-corrected chi connectivity index (χ0v) is 8.35. The van der Waals surface area contributed by atoms with Gasteiger partial charge in [-0.25, -0.2) is 0 Å². The molecule has 11 heavy (non-hydrogen) atoms. The van der Waals surface area contributed by atoms with Crippen molar-refractivity contribution < 1.29 is 0 Å². The Kier molecular flexibility index (Phi) is 6.00. The van der Waals surface area contributed by atoms with E-state index in [9.17, 15) is 0 Å². The lowest BCUT2D eigenvalue weighted by Gasteiger charge is -2.16. The predicted octanol–water partition coefficient (Wildman–Crippen LogP) is 3.03. The molecule has 1 nitrogen and oxygen atoms in total. The zero-order valence-electron chi connectivity index (χ0n) is 8.35.